The van der Waals surface area contributed by atoms with E-state index in [4.69, 9.17) is 0 Å². The SMILES string of the molecule is C=Cc1ccc(C[P+](CCC(F)(F)C(F)(F)C(F)(F)C(F)(F)F)(CCC(F)(F)C(F)(F)C(F)(F)C(F)(F)F)CCC(F)(F)C(F)(F)C(F)(F)C(F)(F)F)cc1. The van der Waals surface area contributed by atoms with Gasteiger partial charge in [-0.05, 0) is 11.1 Å². The second-order valence-electron chi connectivity index (χ2n) is 11.9. The molecule has 28 heteroatoms. The fraction of sp³-hybridized carbons (Fsp3) is 0.704. The maximum absolute atomic E-state index is 14.6. The van der Waals surface area contributed by atoms with Gasteiger partial charge >= 0.3 is 71.8 Å². The number of benzene rings is 1. The molecule has 0 atom stereocenters. The van der Waals surface area contributed by atoms with Crippen molar-refractivity contribution in [3.05, 3.63) is 42.0 Å². The minimum atomic E-state index is -7.73. The molecular weight excluding hydrogens is 868 g/mol. The molecule has 0 saturated heterocycles. The molecule has 0 bridgehead atoms. The first kappa shape index (κ1) is 50.5. The third kappa shape index (κ3) is 9.30. The van der Waals surface area contributed by atoms with Gasteiger partial charge in [0.05, 0.1) is 43.9 Å². The van der Waals surface area contributed by atoms with E-state index in [-0.39, 0.29) is 5.56 Å². The maximum Gasteiger partial charge on any atom is 0.460 e. The van der Waals surface area contributed by atoms with Crippen LogP contribution in [0.25, 0.3) is 6.08 Å². The van der Waals surface area contributed by atoms with Gasteiger partial charge in [0, 0.05) is 7.26 Å². The fourth-order valence-corrected chi connectivity index (χ4v) is 8.94. The molecule has 0 aliphatic carbocycles. The lowest BCUT2D eigenvalue weighted by Gasteiger charge is -2.38. The van der Waals surface area contributed by atoms with Crippen LogP contribution in [-0.2, 0) is 6.16 Å². The van der Waals surface area contributed by atoms with E-state index >= 15 is 0 Å². The first-order chi connectivity index (χ1) is 23.9. The van der Waals surface area contributed by atoms with E-state index in [1.807, 2.05) is 0 Å². The molecule has 1 aromatic carbocycles. The summed E-state index contributed by atoms with van der Waals surface area (Å²) < 4.78 is 366. The molecule has 0 nitrogen and oxygen atoms in total. The Kier molecular flexibility index (Phi) is 13.8. The van der Waals surface area contributed by atoms with E-state index in [1.54, 1.807) is 0 Å². The van der Waals surface area contributed by atoms with Crippen LogP contribution in [0.3, 0.4) is 0 Å². The molecule has 0 aliphatic rings. The van der Waals surface area contributed by atoms with Gasteiger partial charge in [-0.25, -0.2) is 0 Å². The summed E-state index contributed by atoms with van der Waals surface area (Å²) in [7, 11) is -5.56. The van der Waals surface area contributed by atoms with Gasteiger partial charge in [-0.2, -0.15) is 119 Å². The summed E-state index contributed by atoms with van der Waals surface area (Å²) in [5, 5.41) is 0. The third-order valence-electron chi connectivity index (χ3n) is 8.06. The zero-order valence-corrected chi connectivity index (χ0v) is 27.1. The normalized spacial score (nSPS) is 15.8. The van der Waals surface area contributed by atoms with Crippen LogP contribution in [0.2, 0.25) is 0 Å². The second-order valence-corrected chi connectivity index (χ2v) is 16.3. The predicted molar refractivity (Wildman–Crippen MR) is 138 cm³/mol. The van der Waals surface area contributed by atoms with E-state index in [9.17, 15) is 119 Å². The monoisotopic (exact) mass is 889 g/mol. The number of hydrogen-bond acceptors (Lipinski definition) is 0. The summed E-state index contributed by atoms with van der Waals surface area (Å²) in [4.78, 5) is 0. The topological polar surface area (TPSA) is 0 Å². The van der Waals surface area contributed by atoms with Crippen molar-refractivity contribution in [1.29, 1.82) is 0 Å². The highest BCUT2D eigenvalue weighted by molar-refractivity contribution is 7.75. The molecule has 1 rings (SSSR count). The standard InChI is InChI=1S/C27H21F27P/c1-2-14-3-5-15(6-4-14)13-55(10-7-16(28,29)19(34,35)22(40,41)25(46,47)48,11-8-17(30,31)20(36,37)23(42,43)26(49,50)51)12-9-18(32,33)21(38,39)24(44,45)27(52,53)54/h2-6H,1,7-13H2/q+1. The summed E-state index contributed by atoms with van der Waals surface area (Å²) in [6, 6.07) is 2.93. The van der Waals surface area contributed by atoms with Crippen molar-refractivity contribution in [1.82, 2.24) is 0 Å². The predicted octanol–water partition coefficient (Wildman–Crippen LogP) is 13.4. The zero-order valence-electron chi connectivity index (χ0n) is 26.2. The molecule has 1 aromatic rings. The fourth-order valence-electron chi connectivity index (χ4n) is 4.55. The largest absolute Gasteiger partial charge is 0.460 e. The van der Waals surface area contributed by atoms with Crippen LogP contribution >= 0.6 is 7.26 Å². The van der Waals surface area contributed by atoms with E-state index in [1.165, 1.54) is 0 Å². The zero-order chi connectivity index (χ0) is 44.1. The third-order valence-corrected chi connectivity index (χ3v) is 12.6. The van der Waals surface area contributed by atoms with Gasteiger partial charge in [-0.3, -0.25) is 0 Å². The van der Waals surface area contributed by atoms with Crippen molar-refractivity contribution in [2.24, 2.45) is 0 Å². The van der Waals surface area contributed by atoms with Crippen LogP contribution in [0.5, 0.6) is 0 Å². The summed E-state index contributed by atoms with van der Waals surface area (Å²) in [6.45, 7) is 3.20. The molecule has 0 N–H and O–H groups in total. The highest BCUT2D eigenvalue weighted by atomic mass is 31.2. The van der Waals surface area contributed by atoms with Crippen molar-refractivity contribution in [2.75, 3.05) is 18.5 Å². The molecule has 0 saturated carbocycles. The van der Waals surface area contributed by atoms with Crippen LogP contribution in [0, 0.1) is 0 Å². The van der Waals surface area contributed by atoms with Crippen LogP contribution in [0.4, 0.5) is 119 Å². The Morgan fingerprint density at radius 3 is 0.818 bits per heavy atom. The second kappa shape index (κ2) is 15.0. The van der Waals surface area contributed by atoms with Gasteiger partial charge in [0.15, 0.2) is 0 Å². The number of halogens is 27. The van der Waals surface area contributed by atoms with Crippen molar-refractivity contribution in [3.63, 3.8) is 0 Å². The van der Waals surface area contributed by atoms with E-state index in [2.05, 4.69) is 6.58 Å². The van der Waals surface area contributed by atoms with Crippen LogP contribution in [0.1, 0.15) is 30.4 Å². The Bertz CT molecular complexity index is 1320. The maximum atomic E-state index is 14.6. The lowest BCUT2D eigenvalue weighted by molar-refractivity contribution is -0.396. The summed E-state index contributed by atoms with van der Waals surface area (Å²) >= 11 is 0. The molecule has 0 aromatic heterocycles. The molecule has 0 heterocycles. The smallest absolute Gasteiger partial charge is 0.199 e. The van der Waals surface area contributed by atoms with Crippen molar-refractivity contribution in [3.8, 4) is 0 Å². The van der Waals surface area contributed by atoms with Crippen molar-refractivity contribution >= 4 is 13.3 Å². The average Bonchev–Trinajstić information content (AvgIpc) is 3.00. The Morgan fingerprint density at radius 1 is 0.382 bits per heavy atom. The summed E-state index contributed by atoms with van der Waals surface area (Å²) in [5.41, 5.74) is -0.754. The molecule has 0 fully saturated rings. The van der Waals surface area contributed by atoms with Gasteiger partial charge < -0.3 is 0 Å². The van der Waals surface area contributed by atoms with Gasteiger partial charge in [-0.1, -0.05) is 36.9 Å². The minimum Gasteiger partial charge on any atom is -0.199 e. The molecular formula is C27H21F27P+. The average molecular weight is 889 g/mol. The number of hydrogen-bond donors (Lipinski definition) is 0. The molecule has 0 unspecified atom stereocenters. The van der Waals surface area contributed by atoms with Crippen LogP contribution < -0.4 is 0 Å². The highest BCUT2D eigenvalue weighted by Crippen LogP contribution is 2.68. The Morgan fingerprint density at radius 2 is 0.618 bits per heavy atom. The lowest BCUT2D eigenvalue weighted by Crippen LogP contribution is -2.61. The quantitative estimate of drug-likeness (QED) is 0.102. The number of alkyl halides is 27. The lowest BCUT2D eigenvalue weighted by atomic mass is 10.0. The van der Waals surface area contributed by atoms with Crippen LogP contribution in [-0.4, -0.2) is 90.3 Å². The highest BCUT2D eigenvalue weighted by Gasteiger charge is 2.84. The number of rotatable bonds is 18. The van der Waals surface area contributed by atoms with Gasteiger partial charge in [0.2, 0.25) is 0 Å². The molecule has 0 spiro atoms. The summed E-state index contributed by atoms with van der Waals surface area (Å²) in [5.74, 6) is -66.6. The molecule has 55 heavy (non-hydrogen) atoms. The van der Waals surface area contributed by atoms with Crippen LogP contribution in [0.15, 0.2) is 30.8 Å². The van der Waals surface area contributed by atoms with E-state index in [0.29, 0.717) is 12.1 Å². The van der Waals surface area contributed by atoms with E-state index in [0.717, 1.165) is 18.2 Å². The molecule has 0 aliphatic heterocycles. The Balaban J connectivity index is 4.10. The Labute approximate surface area is 290 Å². The van der Waals surface area contributed by atoms with Gasteiger partial charge in [0.25, 0.3) is 0 Å². The van der Waals surface area contributed by atoms with Gasteiger partial charge in [0.1, 0.15) is 0 Å². The minimum absolute atomic E-state index is 0.00523. The van der Waals surface area contributed by atoms with E-state index < -0.39 is 129 Å². The first-order valence-electron chi connectivity index (χ1n) is 14.0. The molecule has 0 radical (unpaired) electrons. The molecule has 0 amide bonds. The van der Waals surface area contributed by atoms with Gasteiger partial charge in [-0.15, -0.1) is 0 Å². The van der Waals surface area contributed by atoms with Crippen molar-refractivity contribution in [2.45, 2.75) is 97.3 Å². The molecule has 322 valence electrons. The van der Waals surface area contributed by atoms with Crippen molar-refractivity contribution < 1.29 is 119 Å². The Hall–Kier alpha value is -2.50. The summed E-state index contributed by atoms with van der Waals surface area (Å²) in [6.07, 6.45) is -41.0. The first-order valence-corrected chi connectivity index (χ1v) is 16.6.